The van der Waals surface area contributed by atoms with Crippen LogP contribution in [0.3, 0.4) is 0 Å². The van der Waals surface area contributed by atoms with E-state index in [-0.39, 0.29) is 35.5 Å². The first kappa shape index (κ1) is 28.5. The number of halogens is 3. The molecular weight excluding hydrogens is 573 g/mol. The summed E-state index contributed by atoms with van der Waals surface area (Å²) in [5.74, 6) is -0.470. The number of aliphatic hydroxyl groups is 2. The number of ether oxygens (including phenoxy) is 1. The van der Waals surface area contributed by atoms with E-state index in [1.807, 2.05) is 6.07 Å². The molecule has 3 aromatic rings. The van der Waals surface area contributed by atoms with Gasteiger partial charge in [-0.1, -0.05) is 59.1 Å². The number of carboxylic acid groups (broad SMARTS) is 1. The van der Waals surface area contributed by atoms with Crippen molar-refractivity contribution in [3.8, 4) is 5.75 Å². The Hall–Kier alpha value is -3.03. The second-order valence-electron chi connectivity index (χ2n) is 10.6. The largest absolute Gasteiger partial charge is 0.512 e. The minimum atomic E-state index is -1.15. The molecule has 0 aliphatic heterocycles. The number of carboxylic acids is 1. The van der Waals surface area contributed by atoms with E-state index in [9.17, 15) is 20.1 Å². The summed E-state index contributed by atoms with van der Waals surface area (Å²) in [4.78, 5) is 11.5. The van der Waals surface area contributed by atoms with E-state index in [0.29, 0.717) is 55.9 Å². The van der Waals surface area contributed by atoms with Crippen LogP contribution in [-0.2, 0) is 5.60 Å². The van der Waals surface area contributed by atoms with Crippen LogP contribution in [0.1, 0.15) is 64.2 Å². The number of aryl methyl sites for hydroxylation is 1. The van der Waals surface area contributed by atoms with Gasteiger partial charge in [-0.05, 0) is 80.0 Å². The first-order valence-corrected chi connectivity index (χ1v) is 14.1. The van der Waals surface area contributed by atoms with Crippen LogP contribution in [0.4, 0.5) is 0 Å². The van der Waals surface area contributed by atoms with E-state index in [2.05, 4.69) is 0 Å². The third-order valence-corrected chi connectivity index (χ3v) is 8.69. The highest BCUT2D eigenvalue weighted by Gasteiger charge is 2.46. The molecule has 2 fully saturated rings. The van der Waals surface area contributed by atoms with Gasteiger partial charge in [0.25, 0.3) is 0 Å². The van der Waals surface area contributed by atoms with Gasteiger partial charge in [-0.25, -0.2) is 4.79 Å². The van der Waals surface area contributed by atoms with Gasteiger partial charge in [0.05, 0.1) is 37.5 Å². The van der Waals surface area contributed by atoms with Crippen LogP contribution in [0.25, 0.3) is 0 Å². The molecule has 0 bridgehead atoms. The molecule has 0 saturated heterocycles. The van der Waals surface area contributed by atoms with E-state index in [1.54, 1.807) is 55.5 Å². The summed E-state index contributed by atoms with van der Waals surface area (Å²) in [7, 11) is 0. The van der Waals surface area contributed by atoms with E-state index in [1.165, 1.54) is 0 Å². The fraction of sp³-hybridized carbons (Fsp3) is 0.290. The van der Waals surface area contributed by atoms with Crippen LogP contribution >= 0.6 is 34.8 Å². The molecule has 0 radical (unpaired) electrons. The highest BCUT2D eigenvalue weighted by molar-refractivity contribution is 6.41. The van der Waals surface area contributed by atoms with Gasteiger partial charge in [0.2, 0.25) is 0 Å². The lowest BCUT2D eigenvalue weighted by molar-refractivity contribution is -0.0549. The Bertz CT molecular complexity index is 1520. The zero-order valence-electron chi connectivity index (χ0n) is 21.7. The number of aromatic carboxylic acids is 1. The molecule has 4 N–H and O–H groups in total. The molecule has 208 valence electrons. The van der Waals surface area contributed by atoms with Crippen molar-refractivity contribution in [2.45, 2.75) is 44.1 Å². The summed E-state index contributed by atoms with van der Waals surface area (Å²) in [5, 5.41) is 41.3. The van der Waals surface area contributed by atoms with E-state index < -0.39 is 11.6 Å². The van der Waals surface area contributed by atoms with Gasteiger partial charge < -0.3 is 20.1 Å². The van der Waals surface area contributed by atoms with Crippen molar-refractivity contribution in [2.75, 3.05) is 6.61 Å². The Balaban J connectivity index is 1.31. The third-order valence-electron chi connectivity index (χ3n) is 7.74. The highest BCUT2D eigenvalue weighted by atomic mass is 35.5. The lowest BCUT2D eigenvalue weighted by Gasteiger charge is -2.45. The number of hydrogen-bond acceptors (Lipinski definition) is 5. The monoisotopic (exact) mass is 599 g/mol. The minimum absolute atomic E-state index is 0.000278. The molecule has 0 heterocycles. The minimum Gasteiger partial charge on any atom is -0.512 e. The van der Waals surface area contributed by atoms with Gasteiger partial charge in [-0.15, -0.1) is 0 Å². The molecule has 0 amide bonds. The summed E-state index contributed by atoms with van der Waals surface area (Å²) < 4.78 is 5.96. The predicted octanol–water partition coefficient (Wildman–Crippen LogP) is 8.09. The molecule has 0 unspecified atom stereocenters. The number of aliphatic hydroxyl groups excluding tert-OH is 1. The fourth-order valence-electron chi connectivity index (χ4n) is 5.22. The number of hydrogen-bond donors (Lipinski definition) is 4. The molecule has 2 aliphatic carbocycles. The van der Waals surface area contributed by atoms with Gasteiger partial charge >= 0.3 is 5.97 Å². The lowest BCUT2D eigenvalue weighted by Crippen LogP contribution is -2.40. The van der Waals surface area contributed by atoms with Gasteiger partial charge in [0.1, 0.15) is 18.1 Å². The van der Waals surface area contributed by atoms with Gasteiger partial charge in [-0.2, -0.15) is 0 Å². The zero-order chi connectivity index (χ0) is 28.8. The van der Waals surface area contributed by atoms with Crippen LogP contribution < -0.4 is 4.74 Å². The summed E-state index contributed by atoms with van der Waals surface area (Å²) in [6.07, 6.45) is 2.48. The highest BCUT2D eigenvalue weighted by Crippen LogP contribution is 2.53. The van der Waals surface area contributed by atoms with Crippen molar-refractivity contribution >= 4 is 46.5 Å². The van der Waals surface area contributed by atoms with Gasteiger partial charge in [-0.3, -0.25) is 5.41 Å². The number of benzene rings is 3. The molecule has 2 saturated carbocycles. The number of nitrogens with one attached hydrogen (secondary N) is 1. The van der Waals surface area contributed by atoms with Crippen molar-refractivity contribution in [1.82, 2.24) is 0 Å². The number of rotatable bonds is 9. The van der Waals surface area contributed by atoms with E-state index in [0.717, 1.165) is 18.4 Å². The Morgan fingerprint density at radius 2 is 1.68 bits per heavy atom. The first-order valence-electron chi connectivity index (χ1n) is 12.9. The molecule has 0 atom stereocenters. The Morgan fingerprint density at radius 3 is 2.27 bits per heavy atom. The Labute approximate surface area is 247 Å². The second-order valence-corrected chi connectivity index (χ2v) is 11.8. The van der Waals surface area contributed by atoms with Crippen LogP contribution in [-0.4, -0.2) is 33.6 Å². The summed E-state index contributed by atoms with van der Waals surface area (Å²) in [6, 6.07) is 15.4. The molecule has 0 aromatic heterocycles. The standard InChI is InChI=1S/C31H28Cl3NO5/c1-16-5-6-18(11-21(16)30(37)38)19-13-31(39,14-19)23-10-9-20(12-26(23)34)40-15-22(29(36)17-7-8-17)28(35)27-24(32)3-2-4-25(27)33/h2-6,9-12,17,19,35-36,39H,7-8,13-15H2,1H3,(H,37,38)/b29-22-,35-28?/t19-,31-. The topological polar surface area (TPSA) is 111 Å². The summed E-state index contributed by atoms with van der Waals surface area (Å²) in [6.45, 7) is 1.67. The van der Waals surface area contributed by atoms with Crippen molar-refractivity contribution in [3.05, 3.63) is 109 Å². The number of allylic oxidation sites excluding steroid dienone is 1. The molecule has 5 rings (SSSR count). The maximum Gasteiger partial charge on any atom is 0.335 e. The normalized spacial score (nSPS) is 20.9. The second kappa shape index (κ2) is 11.1. The van der Waals surface area contributed by atoms with Gasteiger partial charge in [0, 0.05) is 17.0 Å². The summed E-state index contributed by atoms with van der Waals surface area (Å²) in [5.41, 5.74) is 1.88. The van der Waals surface area contributed by atoms with Crippen LogP contribution in [0.15, 0.2) is 65.9 Å². The molecule has 0 spiro atoms. The molecule has 9 heteroatoms. The van der Waals surface area contributed by atoms with Crippen molar-refractivity contribution < 1.29 is 24.9 Å². The maximum absolute atomic E-state index is 11.5. The molecular formula is C31H28Cl3NO5. The van der Waals surface area contributed by atoms with Crippen LogP contribution in [0.5, 0.6) is 5.75 Å². The van der Waals surface area contributed by atoms with Crippen molar-refractivity contribution in [3.63, 3.8) is 0 Å². The average molecular weight is 601 g/mol. The Morgan fingerprint density at radius 1 is 1.00 bits per heavy atom. The lowest BCUT2D eigenvalue weighted by atomic mass is 9.64. The maximum atomic E-state index is 11.5. The number of carbonyl (C=O) groups is 1. The van der Waals surface area contributed by atoms with E-state index in [4.69, 9.17) is 44.9 Å². The smallest absolute Gasteiger partial charge is 0.335 e. The average Bonchev–Trinajstić information content (AvgIpc) is 3.73. The Kier molecular flexibility index (Phi) is 7.90. The van der Waals surface area contributed by atoms with Crippen molar-refractivity contribution in [1.29, 1.82) is 5.41 Å². The van der Waals surface area contributed by atoms with Crippen molar-refractivity contribution in [2.24, 2.45) is 5.92 Å². The molecule has 3 aromatic carbocycles. The SMILES string of the molecule is Cc1ccc([C@H]2C[C@@](O)(c3ccc(OC/C(C(=N)c4c(Cl)cccc4Cl)=C(/O)C4CC4)cc3Cl)C2)cc1C(=O)O. The third kappa shape index (κ3) is 5.59. The van der Waals surface area contributed by atoms with E-state index >= 15 is 0 Å². The molecule has 6 nitrogen and oxygen atoms in total. The zero-order valence-corrected chi connectivity index (χ0v) is 23.9. The summed E-state index contributed by atoms with van der Waals surface area (Å²) >= 11 is 19.2. The fourth-order valence-corrected chi connectivity index (χ4v) is 6.15. The van der Waals surface area contributed by atoms with Gasteiger partial charge in [0.15, 0.2) is 0 Å². The predicted molar refractivity (Wildman–Crippen MR) is 157 cm³/mol. The van der Waals surface area contributed by atoms with Crippen LogP contribution in [0.2, 0.25) is 15.1 Å². The quantitative estimate of drug-likeness (QED) is 0.147. The molecule has 40 heavy (non-hydrogen) atoms. The van der Waals surface area contributed by atoms with Crippen LogP contribution in [0, 0.1) is 18.3 Å². The molecule has 2 aliphatic rings. The first-order chi connectivity index (χ1) is 19.0.